The average molecular weight is 509 g/mol. The number of alkyl halides is 3. The first-order chi connectivity index (χ1) is 17.1. The molecular formula is C25H31F3N4O4. The molecule has 3 rings (SSSR count). The predicted molar refractivity (Wildman–Crippen MR) is 131 cm³/mol. The number of hydrogen-bond donors (Lipinski definition) is 3. The first-order valence-corrected chi connectivity index (χ1v) is 11.6. The van der Waals surface area contributed by atoms with Crippen LogP contribution in [-0.2, 0) is 11.2 Å². The van der Waals surface area contributed by atoms with Gasteiger partial charge in [-0.25, -0.2) is 9.59 Å². The molecule has 0 aliphatic carbocycles. The van der Waals surface area contributed by atoms with Crippen molar-refractivity contribution < 1.29 is 33.0 Å². The number of rotatable bonds is 7. The van der Waals surface area contributed by atoms with Crippen LogP contribution in [0.25, 0.3) is 0 Å². The third kappa shape index (κ3) is 9.95. The minimum Gasteiger partial charge on any atom is -0.478 e. The van der Waals surface area contributed by atoms with E-state index in [1.807, 2.05) is 24.3 Å². The Morgan fingerprint density at radius 1 is 1.00 bits per heavy atom. The van der Waals surface area contributed by atoms with Gasteiger partial charge in [0.25, 0.3) is 0 Å². The van der Waals surface area contributed by atoms with E-state index in [0.717, 1.165) is 57.2 Å². The van der Waals surface area contributed by atoms with Crippen molar-refractivity contribution in [3.63, 3.8) is 0 Å². The molecule has 8 nitrogen and oxygen atoms in total. The lowest BCUT2D eigenvalue weighted by Gasteiger charge is -2.36. The maximum atomic E-state index is 11.3. The Morgan fingerprint density at radius 2 is 1.64 bits per heavy atom. The second-order valence-corrected chi connectivity index (χ2v) is 8.08. The summed E-state index contributed by atoms with van der Waals surface area (Å²) in [5.74, 6) is -2.86. The van der Waals surface area contributed by atoms with Gasteiger partial charge in [-0.3, -0.25) is 9.89 Å². The first-order valence-electron chi connectivity index (χ1n) is 11.6. The summed E-state index contributed by atoms with van der Waals surface area (Å²) in [6, 6.07) is 17.2. The quantitative estimate of drug-likeness (QED) is 0.383. The Morgan fingerprint density at radius 3 is 2.19 bits per heavy atom. The molecule has 36 heavy (non-hydrogen) atoms. The highest BCUT2D eigenvalue weighted by Gasteiger charge is 2.38. The SMILES string of the molecule is CCCN1CCN(C(=NCCc2ccccc2)Nc2cccc(C(=O)O)c2)CC1.O=C(O)C(F)(F)F. The smallest absolute Gasteiger partial charge is 0.478 e. The molecule has 0 amide bonds. The highest BCUT2D eigenvalue weighted by atomic mass is 19.4. The Bertz CT molecular complexity index is 1010. The number of hydrogen-bond acceptors (Lipinski definition) is 4. The summed E-state index contributed by atoms with van der Waals surface area (Å²) in [6.07, 6.45) is -3.05. The highest BCUT2D eigenvalue weighted by Crippen LogP contribution is 2.14. The predicted octanol–water partition coefficient (Wildman–Crippen LogP) is 4.06. The topological polar surface area (TPSA) is 105 Å². The van der Waals surface area contributed by atoms with Gasteiger partial charge < -0.3 is 20.4 Å². The molecule has 11 heteroatoms. The molecule has 0 radical (unpaired) electrons. The van der Waals surface area contributed by atoms with Crippen LogP contribution in [0.4, 0.5) is 18.9 Å². The van der Waals surface area contributed by atoms with Crippen molar-refractivity contribution in [3.8, 4) is 0 Å². The van der Waals surface area contributed by atoms with Crippen molar-refractivity contribution in [2.45, 2.75) is 25.9 Å². The van der Waals surface area contributed by atoms with Crippen molar-refractivity contribution in [2.24, 2.45) is 4.99 Å². The van der Waals surface area contributed by atoms with Crippen LogP contribution in [0.3, 0.4) is 0 Å². The van der Waals surface area contributed by atoms with E-state index < -0.39 is 18.1 Å². The number of carboxylic acid groups (broad SMARTS) is 2. The summed E-state index contributed by atoms with van der Waals surface area (Å²) in [6.45, 7) is 7.87. The zero-order valence-corrected chi connectivity index (χ0v) is 20.0. The van der Waals surface area contributed by atoms with Gasteiger partial charge in [-0.15, -0.1) is 0 Å². The lowest BCUT2D eigenvalue weighted by atomic mass is 10.1. The number of carboxylic acids is 2. The van der Waals surface area contributed by atoms with Crippen molar-refractivity contribution >= 4 is 23.6 Å². The van der Waals surface area contributed by atoms with Crippen LogP contribution in [0, 0.1) is 0 Å². The molecule has 3 N–H and O–H groups in total. The Hall–Kier alpha value is -3.60. The molecule has 0 saturated carbocycles. The number of nitrogens with zero attached hydrogens (tertiary/aromatic N) is 3. The van der Waals surface area contributed by atoms with Crippen molar-refractivity contribution in [2.75, 3.05) is 44.6 Å². The van der Waals surface area contributed by atoms with E-state index in [0.29, 0.717) is 6.54 Å². The van der Waals surface area contributed by atoms with Crippen LogP contribution in [0.15, 0.2) is 59.6 Å². The second kappa shape index (κ2) is 14.1. The molecule has 1 fully saturated rings. The molecule has 0 atom stereocenters. The van der Waals surface area contributed by atoms with Crippen LogP contribution in [-0.4, -0.2) is 83.4 Å². The Kier molecular flexibility index (Phi) is 11.2. The zero-order valence-electron chi connectivity index (χ0n) is 20.0. The number of aliphatic imine (C=N–C) groups is 1. The fraction of sp³-hybridized carbons (Fsp3) is 0.400. The van der Waals surface area contributed by atoms with E-state index >= 15 is 0 Å². The summed E-state index contributed by atoms with van der Waals surface area (Å²) >= 11 is 0. The molecule has 1 heterocycles. The normalized spacial score (nSPS) is 14.6. The molecule has 0 unspecified atom stereocenters. The number of halogens is 3. The monoisotopic (exact) mass is 508 g/mol. The number of piperazine rings is 1. The lowest BCUT2D eigenvalue weighted by Crippen LogP contribution is -2.50. The Balaban J connectivity index is 0.000000572. The van der Waals surface area contributed by atoms with Crippen molar-refractivity contribution in [3.05, 3.63) is 65.7 Å². The van der Waals surface area contributed by atoms with Gasteiger partial charge in [0.1, 0.15) is 0 Å². The van der Waals surface area contributed by atoms with E-state index in [1.165, 1.54) is 5.56 Å². The van der Waals surface area contributed by atoms with Gasteiger partial charge in [-0.2, -0.15) is 13.2 Å². The summed E-state index contributed by atoms with van der Waals surface area (Å²) < 4.78 is 31.7. The average Bonchev–Trinajstić information content (AvgIpc) is 2.85. The molecule has 196 valence electrons. The minimum atomic E-state index is -5.08. The van der Waals surface area contributed by atoms with Crippen molar-refractivity contribution in [1.82, 2.24) is 9.80 Å². The number of guanidine groups is 1. The third-order valence-corrected chi connectivity index (χ3v) is 5.32. The van der Waals surface area contributed by atoms with Gasteiger partial charge in [0, 0.05) is 38.4 Å². The number of aliphatic carboxylic acids is 1. The number of aromatic carboxylic acids is 1. The van der Waals surface area contributed by atoms with Gasteiger partial charge in [0.05, 0.1) is 5.56 Å². The molecule has 1 aliphatic heterocycles. The van der Waals surface area contributed by atoms with E-state index in [9.17, 15) is 23.1 Å². The zero-order chi connectivity index (χ0) is 26.6. The fourth-order valence-corrected chi connectivity index (χ4v) is 3.51. The molecule has 1 aliphatic rings. The maximum Gasteiger partial charge on any atom is 0.490 e. The molecule has 0 bridgehead atoms. The summed E-state index contributed by atoms with van der Waals surface area (Å²) in [7, 11) is 0. The van der Waals surface area contributed by atoms with Crippen LogP contribution < -0.4 is 5.32 Å². The van der Waals surface area contributed by atoms with E-state index in [-0.39, 0.29) is 5.56 Å². The van der Waals surface area contributed by atoms with Crippen LogP contribution >= 0.6 is 0 Å². The van der Waals surface area contributed by atoms with Gasteiger partial charge in [-0.1, -0.05) is 43.3 Å². The molecule has 1 saturated heterocycles. The number of anilines is 1. The summed E-state index contributed by atoms with van der Waals surface area (Å²) in [4.78, 5) is 29.8. The molecule has 0 aromatic heterocycles. The number of benzene rings is 2. The molecule has 0 spiro atoms. The van der Waals surface area contributed by atoms with Gasteiger partial charge in [0.15, 0.2) is 5.96 Å². The largest absolute Gasteiger partial charge is 0.490 e. The lowest BCUT2D eigenvalue weighted by molar-refractivity contribution is -0.192. The van der Waals surface area contributed by atoms with Crippen molar-refractivity contribution in [1.29, 1.82) is 0 Å². The summed E-state index contributed by atoms with van der Waals surface area (Å²) in [5.41, 5.74) is 2.28. The molecule has 2 aromatic carbocycles. The van der Waals surface area contributed by atoms with Gasteiger partial charge >= 0.3 is 18.1 Å². The number of nitrogens with one attached hydrogen (secondary N) is 1. The van der Waals surface area contributed by atoms with Gasteiger partial charge in [-0.05, 0) is 43.1 Å². The standard InChI is InChI=1S/C23H30N4O2.C2HF3O2/c1-2-13-26-14-16-27(17-15-26)23(24-12-11-19-7-4-3-5-8-19)25-21-10-6-9-20(18-21)22(28)29;3-2(4,5)1(6)7/h3-10,18H,2,11-17H2,1H3,(H,24,25)(H,28,29);(H,6,7). The maximum absolute atomic E-state index is 11.3. The molecular weight excluding hydrogens is 477 g/mol. The summed E-state index contributed by atoms with van der Waals surface area (Å²) in [5, 5.41) is 19.8. The van der Waals surface area contributed by atoms with Gasteiger partial charge in [0.2, 0.25) is 0 Å². The third-order valence-electron chi connectivity index (χ3n) is 5.32. The first kappa shape index (κ1) is 28.6. The van der Waals surface area contributed by atoms with Crippen LogP contribution in [0.1, 0.15) is 29.3 Å². The van der Waals surface area contributed by atoms with E-state index in [1.54, 1.807) is 18.2 Å². The van der Waals surface area contributed by atoms with E-state index in [2.05, 4.69) is 34.2 Å². The number of carbonyl (C=O) groups is 2. The Labute approximate surface area is 208 Å². The highest BCUT2D eigenvalue weighted by molar-refractivity contribution is 5.95. The van der Waals surface area contributed by atoms with E-state index in [4.69, 9.17) is 14.9 Å². The second-order valence-electron chi connectivity index (χ2n) is 8.08. The molecule has 2 aromatic rings. The van der Waals surface area contributed by atoms with Crippen LogP contribution in [0.2, 0.25) is 0 Å². The fourth-order valence-electron chi connectivity index (χ4n) is 3.51. The minimum absolute atomic E-state index is 0.270. The van der Waals surface area contributed by atoms with Crippen LogP contribution in [0.5, 0.6) is 0 Å².